The molecule has 0 aromatic heterocycles. The second-order valence-corrected chi connectivity index (χ2v) is 8.79. The lowest BCUT2D eigenvalue weighted by molar-refractivity contribution is -0.123. The SMILES string of the molecule is C=Cc1ccc2c(c1C)CN(C1CCC(C(N)=O)CC1)C(=O)N2c1ccc(C)c(OC)c1. The standard InChI is InChI=1S/C26H31N3O3/c1-5-18-9-13-23-22(17(18)3)15-28(20-11-7-19(8-12-20)25(27)30)26(31)29(23)21-10-6-16(2)24(14-21)32-4/h5-6,9-10,13-14,19-20H,1,7-8,11-12,15H2,2-4H3,(H2,27,30). The largest absolute Gasteiger partial charge is 0.496 e. The summed E-state index contributed by atoms with van der Waals surface area (Å²) in [5, 5.41) is 0. The van der Waals surface area contributed by atoms with Crippen molar-refractivity contribution in [2.24, 2.45) is 11.7 Å². The summed E-state index contributed by atoms with van der Waals surface area (Å²) in [5.41, 5.74) is 11.5. The van der Waals surface area contributed by atoms with Crippen LogP contribution in [0.15, 0.2) is 36.9 Å². The molecule has 0 atom stereocenters. The van der Waals surface area contributed by atoms with Gasteiger partial charge in [-0.3, -0.25) is 9.69 Å². The molecule has 1 fully saturated rings. The number of urea groups is 1. The van der Waals surface area contributed by atoms with Crippen LogP contribution in [0.4, 0.5) is 16.2 Å². The van der Waals surface area contributed by atoms with E-state index in [1.165, 1.54) is 0 Å². The molecule has 0 unspecified atom stereocenters. The minimum Gasteiger partial charge on any atom is -0.496 e. The monoisotopic (exact) mass is 433 g/mol. The summed E-state index contributed by atoms with van der Waals surface area (Å²) in [6.07, 6.45) is 4.86. The molecule has 6 nitrogen and oxygen atoms in total. The van der Waals surface area contributed by atoms with Gasteiger partial charge in [-0.15, -0.1) is 0 Å². The van der Waals surface area contributed by atoms with E-state index in [0.29, 0.717) is 6.54 Å². The van der Waals surface area contributed by atoms with E-state index in [1.54, 1.807) is 12.0 Å². The Morgan fingerprint density at radius 1 is 1.16 bits per heavy atom. The quantitative estimate of drug-likeness (QED) is 0.715. The van der Waals surface area contributed by atoms with Gasteiger partial charge in [0.1, 0.15) is 5.75 Å². The number of hydrogen-bond donors (Lipinski definition) is 1. The Labute approximate surface area is 189 Å². The summed E-state index contributed by atoms with van der Waals surface area (Å²) >= 11 is 0. The third kappa shape index (κ3) is 3.74. The van der Waals surface area contributed by atoms with Gasteiger partial charge >= 0.3 is 6.03 Å². The minimum absolute atomic E-state index is 0.0447. The predicted molar refractivity (Wildman–Crippen MR) is 127 cm³/mol. The number of nitrogens with two attached hydrogens (primary N) is 1. The fraction of sp³-hybridized carbons (Fsp3) is 0.385. The molecule has 3 amide bonds. The maximum Gasteiger partial charge on any atom is 0.329 e. The highest BCUT2D eigenvalue weighted by Crippen LogP contribution is 2.41. The van der Waals surface area contributed by atoms with Crippen LogP contribution >= 0.6 is 0 Å². The topological polar surface area (TPSA) is 75.9 Å². The molecule has 2 aromatic rings. The molecule has 168 valence electrons. The summed E-state index contributed by atoms with van der Waals surface area (Å²) in [7, 11) is 1.64. The van der Waals surface area contributed by atoms with Crippen LogP contribution in [0.2, 0.25) is 0 Å². The molecule has 2 aliphatic rings. The summed E-state index contributed by atoms with van der Waals surface area (Å²) < 4.78 is 5.53. The number of primary amides is 1. The number of nitrogens with zero attached hydrogens (tertiary/aromatic N) is 2. The molecule has 1 aliphatic carbocycles. The first-order valence-electron chi connectivity index (χ1n) is 11.1. The van der Waals surface area contributed by atoms with Crippen LogP contribution in [0.1, 0.15) is 47.9 Å². The number of benzene rings is 2. The summed E-state index contributed by atoms with van der Waals surface area (Å²) in [5.74, 6) is 0.416. The molecule has 2 N–H and O–H groups in total. The third-order valence-corrected chi connectivity index (χ3v) is 7.03. The van der Waals surface area contributed by atoms with Gasteiger partial charge in [0.2, 0.25) is 5.91 Å². The molecule has 0 bridgehead atoms. The van der Waals surface area contributed by atoms with Gasteiger partial charge in [-0.2, -0.15) is 0 Å². The Kier molecular flexibility index (Phi) is 5.96. The molecular weight excluding hydrogens is 402 g/mol. The number of carbonyl (C=O) groups excluding carboxylic acids is 2. The minimum atomic E-state index is -0.237. The van der Waals surface area contributed by atoms with Crippen LogP contribution in [0.25, 0.3) is 6.08 Å². The highest BCUT2D eigenvalue weighted by Gasteiger charge is 2.38. The van der Waals surface area contributed by atoms with E-state index in [-0.39, 0.29) is 23.9 Å². The average Bonchev–Trinajstić information content (AvgIpc) is 2.80. The van der Waals surface area contributed by atoms with Crippen LogP contribution in [0, 0.1) is 19.8 Å². The van der Waals surface area contributed by atoms with E-state index >= 15 is 0 Å². The van der Waals surface area contributed by atoms with E-state index in [9.17, 15) is 9.59 Å². The van der Waals surface area contributed by atoms with E-state index in [4.69, 9.17) is 10.5 Å². The van der Waals surface area contributed by atoms with Gasteiger partial charge in [0, 0.05) is 18.0 Å². The molecule has 1 aliphatic heterocycles. The zero-order valence-corrected chi connectivity index (χ0v) is 19.1. The van der Waals surface area contributed by atoms with Gasteiger partial charge in [-0.1, -0.05) is 24.8 Å². The first-order valence-corrected chi connectivity index (χ1v) is 11.1. The van der Waals surface area contributed by atoms with E-state index in [0.717, 1.165) is 65.1 Å². The summed E-state index contributed by atoms with van der Waals surface area (Å²) in [4.78, 5) is 29.2. The Morgan fingerprint density at radius 2 is 1.88 bits per heavy atom. The molecule has 6 heteroatoms. The summed E-state index contributed by atoms with van der Waals surface area (Å²) in [6, 6.07) is 9.91. The van der Waals surface area contributed by atoms with Crippen LogP contribution in [-0.4, -0.2) is 30.0 Å². The van der Waals surface area contributed by atoms with Crippen LogP contribution in [0.5, 0.6) is 5.75 Å². The van der Waals surface area contributed by atoms with Crippen molar-refractivity contribution in [2.75, 3.05) is 12.0 Å². The van der Waals surface area contributed by atoms with Crippen molar-refractivity contribution >= 4 is 29.4 Å². The molecule has 1 heterocycles. The third-order valence-electron chi connectivity index (χ3n) is 7.03. The molecular formula is C26H31N3O3. The second-order valence-electron chi connectivity index (χ2n) is 8.79. The van der Waals surface area contributed by atoms with E-state index < -0.39 is 0 Å². The Bertz CT molecular complexity index is 1070. The molecule has 4 rings (SSSR count). The van der Waals surface area contributed by atoms with Crippen molar-refractivity contribution in [3.8, 4) is 5.75 Å². The lowest BCUT2D eigenvalue weighted by Crippen LogP contribution is -2.51. The van der Waals surface area contributed by atoms with Gasteiger partial charge in [0.05, 0.1) is 25.0 Å². The van der Waals surface area contributed by atoms with Crippen molar-refractivity contribution in [3.63, 3.8) is 0 Å². The maximum absolute atomic E-state index is 13.9. The number of hydrogen-bond acceptors (Lipinski definition) is 3. The second kappa shape index (κ2) is 8.69. The van der Waals surface area contributed by atoms with Crippen LogP contribution in [0.3, 0.4) is 0 Å². The molecule has 0 saturated heterocycles. The number of amides is 3. The number of fused-ring (bicyclic) bond motifs is 1. The van der Waals surface area contributed by atoms with Gasteiger partial charge in [0.15, 0.2) is 0 Å². The predicted octanol–water partition coefficient (Wildman–Crippen LogP) is 5.07. The lowest BCUT2D eigenvalue weighted by Gasteiger charge is -2.43. The first-order chi connectivity index (χ1) is 15.3. The number of aryl methyl sites for hydroxylation is 1. The van der Waals surface area contributed by atoms with Crippen molar-refractivity contribution in [2.45, 2.75) is 52.1 Å². The highest BCUT2D eigenvalue weighted by atomic mass is 16.5. The molecule has 2 aromatic carbocycles. The van der Waals surface area contributed by atoms with Gasteiger partial charge in [-0.25, -0.2) is 4.79 Å². The fourth-order valence-electron chi connectivity index (χ4n) is 5.01. The van der Waals surface area contributed by atoms with Crippen molar-refractivity contribution in [3.05, 3.63) is 59.2 Å². The van der Waals surface area contributed by atoms with E-state index in [1.807, 2.05) is 48.2 Å². The molecule has 0 radical (unpaired) electrons. The zero-order chi connectivity index (χ0) is 23.0. The molecule has 0 spiro atoms. The maximum atomic E-state index is 13.9. The number of methoxy groups -OCH3 is 1. The van der Waals surface area contributed by atoms with Crippen LogP contribution in [-0.2, 0) is 11.3 Å². The van der Waals surface area contributed by atoms with Gasteiger partial charge in [-0.05, 0) is 73.9 Å². The van der Waals surface area contributed by atoms with Gasteiger partial charge < -0.3 is 15.4 Å². The van der Waals surface area contributed by atoms with E-state index in [2.05, 4.69) is 13.5 Å². The molecule has 32 heavy (non-hydrogen) atoms. The van der Waals surface area contributed by atoms with Crippen molar-refractivity contribution < 1.29 is 14.3 Å². The Balaban J connectivity index is 1.77. The van der Waals surface area contributed by atoms with Crippen molar-refractivity contribution in [1.29, 1.82) is 0 Å². The lowest BCUT2D eigenvalue weighted by atomic mass is 9.84. The van der Waals surface area contributed by atoms with Crippen molar-refractivity contribution in [1.82, 2.24) is 4.90 Å². The number of carbonyl (C=O) groups is 2. The number of rotatable bonds is 5. The summed E-state index contributed by atoms with van der Waals surface area (Å²) in [6.45, 7) is 8.56. The fourth-order valence-corrected chi connectivity index (χ4v) is 5.01. The Morgan fingerprint density at radius 3 is 2.50 bits per heavy atom. The number of ether oxygens (including phenoxy) is 1. The van der Waals surface area contributed by atoms with Crippen LogP contribution < -0.4 is 15.4 Å². The smallest absolute Gasteiger partial charge is 0.329 e. The van der Waals surface area contributed by atoms with Gasteiger partial charge in [0.25, 0.3) is 0 Å². The normalized spacial score (nSPS) is 20.7. The Hall–Kier alpha value is -3.28. The first kappa shape index (κ1) is 21.9. The average molecular weight is 434 g/mol. The number of anilines is 2. The highest BCUT2D eigenvalue weighted by molar-refractivity contribution is 6.02. The molecule has 1 saturated carbocycles. The zero-order valence-electron chi connectivity index (χ0n) is 19.1.